The van der Waals surface area contributed by atoms with Gasteiger partial charge in [-0.05, 0) is 6.42 Å². The summed E-state index contributed by atoms with van der Waals surface area (Å²) in [5.41, 5.74) is 2.17. The average molecular weight is 684 g/mol. The molecule has 0 saturated heterocycles. The topological polar surface area (TPSA) is 27.0 Å². The van der Waals surface area contributed by atoms with Crippen molar-refractivity contribution in [2.24, 2.45) is 0 Å². The van der Waals surface area contributed by atoms with Gasteiger partial charge in [0.15, 0.2) is 0 Å². The summed E-state index contributed by atoms with van der Waals surface area (Å²) in [6, 6.07) is 4.82. The van der Waals surface area contributed by atoms with Gasteiger partial charge in [-0.25, -0.2) is 12.1 Å². The summed E-state index contributed by atoms with van der Waals surface area (Å²) in [6.07, 6.45) is 3.93. The average Bonchev–Trinajstić information content (AvgIpc) is 2.05. The number of aromatic nitrogens is 1. The van der Waals surface area contributed by atoms with Crippen molar-refractivity contribution in [3.8, 4) is 0 Å². The van der Waals surface area contributed by atoms with E-state index in [0.29, 0.717) is 0 Å². The van der Waals surface area contributed by atoms with Gasteiger partial charge in [0.2, 0.25) is 0 Å². The summed E-state index contributed by atoms with van der Waals surface area (Å²) in [5, 5.41) is 4.30. The maximum absolute atomic E-state index is 4.30. The number of aryl methyl sites for hydroxylation is 1. The monoisotopic (exact) mass is 684 g/mol. The molecule has 2 nitrogen and oxygen atoms in total. The minimum absolute atomic E-state index is 0. The molecule has 0 radical (unpaired) electrons. The van der Waals surface area contributed by atoms with Crippen LogP contribution in [-0.4, -0.2) is 11.5 Å². The van der Waals surface area contributed by atoms with E-state index in [1.807, 2.05) is 6.07 Å². The van der Waals surface area contributed by atoms with Gasteiger partial charge >= 0.3 is 0 Å². The van der Waals surface area contributed by atoms with Crippen LogP contribution in [0.5, 0.6) is 0 Å². The third-order valence-corrected chi connectivity index (χ3v) is 1.66. The molecule has 13 heavy (non-hydrogen) atoms. The number of hydrogen-bond acceptors (Lipinski definition) is 1. The van der Waals surface area contributed by atoms with Crippen molar-refractivity contribution in [2.75, 3.05) is 6.54 Å². The molecule has 0 fully saturated rings. The van der Waals surface area contributed by atoms with Gasteiger partial charge in [-0.15, -0.1) is 6.54 Å². The zero-order chi connectivity index (χ0) is 6.81. The fraction of sp³-hybridized carbons (Fsp3) is 0.375. The molecule has 0 saturated carbocycles. The largest absolute Gasteiger partial charge is 0.768 e. The predicted octanol–water partition coefficient (Wildman–Crippen LogP) is 1.83. The van der Waals surface area contributed by atoms with E-state index in [1.54, 1.807) is 6.20 Å². The van der Waals surface area contributed by atoms with Crippen molar-refractivity contribution in [1.82, 2.24) is 4.98 Å². The summed E-state index contributed by atoms with van der Waals surface area (Å²) < 4.78 is 0. The van der Waals surface area contributed by atoms with Gasteiger partial charge in [0.25, 0.3) is 0 Å². The molecule has 2 heterocycles. The Hall–Kier alpha value is 1.01. The van der Waals surface area contributed by atoms with Crippen LogP contribution in [0.2, 0.25) is 0 Å². The van der Waals surface area contributed by atoms with Crippen LogP contribution >= 0.6 is 0 Å². The van der Waals surface area contributed by atoms with Gasteiger partial charge in [0.1, 0.15) is 0 Å². The molecular formula is C8H8N2W3-2. The maximum atomic E-state index is 4.30. The molecule has 0 N–H and O–H groups in total. The van der Waals surface area contributed by atoms with Crippen molar-refractivity contribution in [3.05, 3.63) is 29.3 Å². The maximum Gasteiger partial charge on any atom is 0 e. The molecular weight excluding hydrogens is 676 g/mol. The zero-order valence-corrected chi connectivity index (χ0v) is 15.7. The van der Waals surface area contributed by atoms with E-state index in [1.165, 1.54) is 0 Å². The molecule has 0 unspecified atom stereocenters. The molecule has 70 valence electrons. The van der Waals surface area contributed by atoms with Crippen molar-refractivity contribution in [3.63, 3.8) is 0 Å². The third-order valence-electron chi connectivity index (χ3n) is 1.66. The SMILES string of the molecule is [W].[W].[W].[c-]1cnc2c(c1)[N-]CCC2. The van der Waals surface area contributed by atoms with E-state index in [0.717, 1.165) is 30.8 Å². The first-order valence-corrected chi connectivity index (χ1v) is 3.49. The summed E-state index contributed by atoms with van der Waals surface area (Å²) in [4.78, 5) is 4.17. The second-order valence-electron chi connectivity index (χ2n) is 2.39. The molecule has 0 spiro atoms. The standard InChI is InChI=1S/C8H8N2.3W/c1-3-7-8(9-5-1)4-2-6-10-7;;;/h4,6H,1,3,5H2;;;/q-2;;;. The Labute approximate surface area is 121 Å². The quantitative estimate of drug-likeness (QED) is 0.384. The third kappa shape index (κ3) is 4.37. The molecule has 0 aromatic carbocycles. The Kier molecular flexibility index (Phi) is 10.5. The van der Waals surface area contributed by atoms with Crippen LogP contribution < -0.4 is 0 Å². The molecule has 1 aromatic rings. The van der Waals surface area contributed by atoms with E-state index in [4.69, 9.17) is 0 Å². The van der Waals surface area contributed by atoms with Crippen LogP contribution in [-0.2, 0) is 69.6 Å². The summed E-state index contributed by atoms with van der Waals surface area (Å²) in [6.45, 7) is 0.951. The molecule has 2 rings (SSSR count). The van der Waals surface area contributed by atoms with Crippen molar-refractivity contribution in [2.45, 2.75) is 12.8 Å². The van der Waals surface area contributed by atoms with Crippen LogP contribution in [0.4, 0.5) is 5.69 Å². The summed E-state index contributed by atoms with van der Waals surface area (Å²) >= 11 is 0. The first kappa shape index (κ1) is 16.4. The molecule has 1 aliphatic rings. The second-order valence-corrected chi connectivity index (χ2v) is 2.39. The second kappa shape index (κ2) is 8.33. The minimum Gasteiger partial charge on any atom is -0.768 e. The molecule has 0 atom stereocenters. The van der Waals surface area contributed by atoms with Gasteiger partial charge in [0, 0.05) is 63.2 Å². The summed E-state index contributed by atoms with van der Waals surface area (Å²) in [7, 11) is 0. The van der Waals surface area contributed by atoms with Gasteiger partial charge in [-0.2, -0.15) is 0 Å². The molecule has 5 heteroatoms. The molecule has 0 bridgehead atoms. The molecule has 1 aromatic heterocycles. The molecule has 0 amide bonds. The molecule has 0 aliphatic carbocycles. The van der Waals surface area contributed by atoms with Crippen LogP contribution in [0.15, 0.2) is 12.3 Å². The van der Waals surface area contributed by atoms with Crippen molar-refractivity contribution in [1.29, 1.82) is 0 Å². The van der Waals surface area contributed by atoms with E-state index < -0.39 is 0 Å². The number of pyridine rings is 1. The van der Waals surface area contributed by atoms with Crippen LogP contribution in [0.1, 0.15) is 12.1 Å². The first-order chi connectivity index (χ1) is 4.97. The number of rotatable bonds is 0. The Balaban J connectivity index is 0. The Morgan fingerprint density at radius 3 is 2.77 bits per heavy atom. The van der Waals surface area contributed by atoms with Gasteiger partial charge < -0.3 is 10.3 Å². The van der Waals surface area contributed by atoms with E-state index >= 15 is 0 Å². The number of fused-ring (bicyclic) bond motifs is 1. The first-order valence-electron chi connectivity index (χ1n) is 3.49. The predicted molar refractivity (Wildman–Crippen MR) is 39.3 cm³/mol. The van der Waals surface area contributed by atoms with Gasteiger partial charge in [-0.3, -0.25) is 5.69 Å². The number of hydrogen-bond donors (Lipinski definition) is 0. The van der Waals surface area contributed by atoms with Crippen LogP contribution in [0.25, 0.3) is 5.32 Å². The fourth-order valence-corrected chi connectivity index (χ4v) is 1.16. The van der Waals surface area contributed by atoms with Crippen LogP contribution in [0, 0.1) is 6.07 Å². The Bertz CT molecular complexity index is 218. The zero-order valence-electron chi connectivity index (χ0n) is 6.90. The van der Waals surface area contributed by atoms with E-state index in [2.05, 4.69) is 16.4 Å². The van der Waals surface area contributed by atoms with E-state index in [9.17, 15) is 0 Å². The van der Waals surface area contributed by atoms with Crippen LogP contribution in [0.3, 0.4) is 0 Å². The van der Waals surface area contributed by atoms with Crippen molar-refractivity contribution >= 4 is 5.69 Å². The van der Waals surface area contributed by atoms with Crippen molar-refractivity contribution < 1.29 is 63.2 Å². The fourth-order valence-electron chi connectivity index (χ4n) is 1.16. The Morgan fingerprint density at radius 1 is 1.31 bits per heavy atom. The molecule has 1 aliphatic heterocycles. The van der Waals surface area contributed by atoms with Gasteiger partial charge in [-0.1, -0.05) is 18.3 Å². The Morgan fingerprint density at radius 2 is 2.08 bits per heavy atom. The number of nitrogens with zero attached hydrogens (tertiary/aromatic N) is 2. The van der Waals surface area contributed by atoms with Gasteiger partial charge in [0.05, 0.1) is 0 Å². The summed E-state index contributed by atoms with van der Waals surface area (Å²) in [5.74, 6) is 0. The van der Waals surface area contributed by atoms with E-state index in [-0.39, 0.29) is 63.2 Å². The smallest absolute Gasteiger partial charge is 0 e. The normalized spacial score (nSPS) is 12.0. The minimum atomic E-state index is 0.